The molecule has 0 amide bonds. The maximum atomic E-state index is 12.5. The first-order valence-corrected chi connectivity index (χ1v) is 15.1. The molecule has 1 aromatic rings. The van der Waals surface area contributed by atoms with Gasteiger partial charge in [-0.3, -0.25) is 4.18 Å². The Morgan fingerprint density at radius 3 is 2.51 bits per heavy atom. The number of aryl methyl sites for hydroxylation is 1. The Hall–Kier alpha value is -2.13. The first kappa shape index (κ1) is 27.9. The number of benzene rings is 1. The third-order valence-electron chi connectivity index (χ3n) is 7.90. The molecule has 2 N–H and O–H groups in total. The van der Waals surface area contributed by atoms with Crippen LogP contribution in [0.4, 0.5) is 0 Å². The zero-order valence-electron chi connectivity index (χ0n) is 22.4. The number of piperidine rings is 1. The van der Waals surface area contributed by atoms with Crippen molar-refractivity contribution in [2.45, 2.75) is 82.4 Å². The number of ether oxygens (including phenoxy) is 1. The second-order valence-electron chi connectivity index (χ2n) is 10.3. The number of hydrogen-bond acceptors (Lipinski definition) is 7. The van der Waals surface area contributed by atoms with Crippen LogP contribution in [0, 0.1) is 12.8 Å². The normalized spacial score (nSPS) is 24.9. The molecule has 1 saturated heterocycles. The van der Waals surface area contributed by atoms with E-state index in [0.717, 1.165) is 56.5 Å². The zero-order valence-corrected chi connectivity index (χ0v) is 23.2. The summed E-state index contributed by atoms with van der Waals surface area (Å²) in [6.07, 6.45) is 12.1. The van der Waals surface area contributed by atoms with E-state index in [-0.39, 0.29) is 18.1 Å². The van der Waals surface area contributed by atoms with E-state index in [2.05, 4.69) is 42.3 Å². The van der Waals surface area contributed by atoms with Gasteiger partial charge in [-0.2, -0.15) is 8.42 Å². The molecular formula is C29H42N2O5S. The third-order valence-corrected chi connectivity index (χ3v) is 9.19. The van der Waals surface area contributed by atoms with Crippen molar-refractivity contribution in [2.24, 2.45) is 5.92 Å². The number of rotatable bonds is 11. The fourth-order valence-electron chi connectivity index (χ4n) is 5.64. The van der Waals surface area contributed by atoms with Gasteiger partial charge in [-0.05, 0) is 83.1 Å². The highest BCUT2D eigenvalue weighted by molar-refractivity contribution is 7.86. The van der Waals surface area contributed by atoms with Crippen molar-refractivity contribution in [3.05, 3.63) is 65.1 Å². The van der Waals surface area contributed by atoms with Crippen molar-refractivity contribution >= 4 is 10.1 Å². The molecule has 0 spiro atoms. The van der Waals surface area contributed by atoms with Crippen LogP contribution in [-0.2, 0) is 19.0 Å². The summed E-state index contributed by atoms with van der Waals surface area (Å²) in [4.78, 5) is 2.53. The molecule has 1 heterocycles. The maximum absolute atomic E-state index is 12.5. The molecule has 37 heavy (non-hydrogen) atoms. The Kier molecular flexibility index (Phi) is 9.51. The molecule has 8 heteroatoms. The lowest BCUT2D eigenvalue weighted by molar-refractivity contribution is 0.0157. The summed E-state index contributed by atoms with van der Waals surface area (Å²) >= 11 is 0. The molecule has 3 aliphatic rings. The SMILES string of the molecule is CCN(CC)C1=CC=C([C@@H]2CC[C@@H]3CC=C(OC(CO)COS(=O)(=O)c4ccc(C)cc4)C[C@@H]3N2)CC1. The standard InChI is InChI=1S/C29H42N2O5S/c1-4-31(5-2)24-12-8-22(9-13-24)28-17-11-23-10-14-25(18-29(23)30-28)36-26(19-32)20-35-37(33,34)27-15-6-21(3)7-16-27/h6-8,12,14-16,23,26,28-30,32H,4-5,9-11,13,17-20H2,1-3H3/t23-,26?,28-,29-/m0/s1. The first-order chi connectivity index (χ1) is 17.8. The van der Waals surface area contributed by atoms with Crippen LogP contribution in [0.3, 0.4) is 0 Å². The fourth-order valence-corrected chi connectivity index (χ4v) is 6.58. The van der Waals surface area contributed by atoms with Crippen LogP contribution in [0.2, 0.25) is 0 Å². The average molecular weight is 531 g/mol. The smallest absolute Gasteiger partial charge is 0.297 e. The Bertz CT molecular complexity index is 1110. The van der Waals surface area contributed by atoms with Gasteiger partial charge >= 0.3 is 0 Å². The molecule has 1 aliphatic heterocycles. The molecule has 0 bridgehead atoms. The van der Waals surface area contributed by atoms with E-state index < -0.39 is 16.2 Å². The number of aliphatic hydroxyl groups is 1. The highest BCUT2D eigenvalue weighted by Gasteiger charge is 2.35. The second kappa shape index (κ2) is 12.6. The van der Waals surface area contributed by atoms with Gasteiger partial charge in [0.25, 0.3) is 10.1 Å². The van der Waals surface area contributed by atoms with Gasteiger partial charge in [0, 0.05) is 37.3 Å². The molecule has 1 aromatic carbocycles. The summed E-state index contributed by atoms with van der Waals surface area (Å²) in [6.45, 7) is 7.85. The predicted octanol–water partition coefficient (Wildman–Crippen LogP) is 4.44. The van der Waals surface area contributed by atoms with Crippen LogP contribution in [0.25, 0.3) is 0 Å². The zero-order chi connectivity index (χ0) is 26.4. The van der Waals surface area contributed by atoms with Crippen molar-refractivity contribution < 1.29 is 22.4 Å². The average Bonchev–Trinajstić information content (AvgIpc) is 2.92. The van der Waals surface area contributed by atoms with Gasteiger partial charge in [0.2, 0.25) is 0 Å². The fraction of sp³-hybridized carbons (Fsp3) is 0.586. The summed E-state index contributed by atoms with van der Waals surface area (Å²) in [5, 5.41) is 13.7. The van der Waals surface area contributed by atoms with E-state index in [1.54, 1.807) is 12.1 Å². The Labute approximate surface area is 222 Å². The van der Waals surface area contributed by atoms with Crippen LogP contribution in [0.5, 0.6) is 0 Å². The lowest BCUT2D eigenvalue weighted by Crippen LogP contribution is -2.50. The second-order valence-corrected chi connectivity index (χ2v) is 11.9. The van der Waals surface area contributed by atoms with Crippen LogP contribution < -0.4 is 5.32 Å². The Balaban J connectivity index is 1.32. The minimum atomic E-state index is -3.91. The largest absolute Gasteiger partial charge is 0.490 e. The quantitative estimate of drug-likeness (QED) is 0.409. The summed E-state index contributed by atoms with van der Waals surface area (Å²) in [5.41, 5.74) is 3.88. The molecule has 1 fully saturated rings. The van der Waals surface area contributed by atoms with Crippen molar-refractivity contribution in [2.75, 3.05) is 26.3 Å². The molecule has 0 saturated carbocycles. The van der Waals surface area contributed by atoms with Gasteiger partial charge in [-0.1, -0.05) is 29.3 Å². The lowest BCUT2D eigenvalue weighted by Gasteiger charge is -2.41. The molecule has 4 atom stereocenters. The van der Waals surface area contributed by atoms with Crippen LogP contribution in [0.15, 0.2) is 64.4 Å². The van der Waals surface area contributed by atoms with Gasteiger partial charge in [0.1, 0.15) is 12.7 Å². The van der Waals surface area contributed by atoms with Gasteiger partial charge in [-0.25, -0.2) is 0 Å². The highest BCUT2D eigenvalue weighted by atomic mass is 32.2. The predicted molar refractivity (Wildman–Crippen MR) is 145 cm³/mol. The number of fused-ring (bicyclic) bond motifs is 1. The number of hydrogen-bond donors (Lipinski definition) is 2. The molecule has 4 rings (SSSR count). The van der Waals surface area contributed by atoms with E-state index in [0.29, 0.717) is 18.0 Å². The molecule has 0 aromatic heterocycles. The summed E-state index contributed by atoms with van der Waals surface area (Å²) in [7, 11) is -3.91. The van der Waals surface area contributed by atoms with E-state index in [9.17, 15) is 13.5 Å². The molecule has 204 valence electrons. The number of nitrogens with zero attached hydrogens (tertiary/aromatic N) is 1. The molecular weight excluding hydrogens is 488 g/mol. The van der Waals surface area contributed by atoms with Crippen LogP contribution >= 0.6 is 0 Å². The number of nitrogens with one attached hydrogen (secondary N) is 1. The molecule has 7 nitrogen and oxygen atoms in total. The maximum Gasteiger partial charge on any atom is 0.297 e. The van der Waals surface area contributed by atoms with Gasteiger partial charge in [0.15, 0.2) is 0 Å². The van der Waals surface area contributed by atoms with E-state index in [1.165, 1.54) is 29.8 Å². The summed E-state index contributed by atoms with van der Waals surface area (Å²) < 4.78 is 36.3. The number of allylic oxidation sites excluding steroid dienone is 4. The van der Waals surface area contributed by atoms with Gasteiger partial charge in [0.05, 0.1) is 17.3 Å². The van der Waals surface area contributed by atoms with Gasteiger partial charge in [-0.15, -0.1) is 0 Å². The molecule has 0 radical (unpaired) electrons. The van der Waals surface area contributed by atoms with Crippen molar-refractivity contribution in [1.82, 2.24) is 10.2 Å². The van der Waals surface area contributed by atoms with E-state index in [1.807, 2.05) is 6.92 Å². The van der Waals surface area contributed by atoms with E-state index in [4.69, 9.17) is 8.92 Å². The van der Waals surface area contributed by atoms with Crippen molar-refractivity contribution in [1.29, 1.82) is 0 Å². The first-order valence-electron chi connectivity index (χ1n) is 13.7. The topological polar surface area (TPSA) is 88.1 Å². The van der Waals surface area contributed by atoms with Gasteiger partial charge < -0.3 is 20.1 Å². The van der Waals surface area contributed by atoms with E-state index >= 15 is 0 Å². The minimum absolute atomic E-state index is 0.100. The Morgan fingerprint density at radius 2 is 1.86 bits per heavy atom. The lowest BCUT2D eigenvalue weighted by atomic mass is 9.77. The van der Waals surface area contributed by atoms with Crippen LogP contribution in [0.1, 0.15) is 57.9 Å². The Morgan fingerprint density at radius 1 is 1.11 bits per heavy atom. The molecule has 2 aliphatic carbocycles. The highest BCUT2D eigenvalue weighted by Crippen LogP contribution is 2.36. The van der Waals surface area contributed by atoms with Crippen LogP contribution in [-0.4, -0.2) is 62.9 Å². The number of aliphatic hydroxyl groups excluding tert-OH is 1. The minimum Gasteiger partial charge on any atom is -0.490 e. The monoisotopic (exact) mass is 530 g/mol. The third kappa shape index (κ3) is 7.05. The van der Waals surface area contributed by atoms with Crippen molar-refractivity contribution in [3.8, 4) is 0 Å². The van der Waals surface area contributed by atoms with Crippen molar-refractivity contribution in [3.63, 3.8) is 0 Å². The summed E-state index contributed by atoms with van der Waals surface area (Å²) in [6, 6.07) is 7.20. The summed E-state index contributed by atoms with van der Waals surface area (Å²) in [5.74, 6) is 1.37. The molecule has 1 unspecified atom stereocenters.